The molecule has 0 aromatic rings. The monoisotopic (exact) mass is 274 g/mol. The van der Waals surface area contributed by atoms with E-state index in [0.29, 0.717) is 0 Å². The predicted molar refractivity (Wildman–Crippen MR) is 40.3 cm³/mol. The standard InChI is InChI=1S/C3H4Br2N2O3/c4-7(5)3(10)6-2(9)1-8/h8H,1H2,(H,6,9,10). The minimum Gasteiger partial charge on any atom is -0.387 e. The Kier molecular flexibility index (Phi) is 4.58. The second kappa shape index (κ2) is 4.64. The Bertz CT molecular complexity index is 149. The first-order valence-electron chi connectivity index (χ1n) is 2.14. The molecular weight excluding hydrogens is 272 g/mol. The van der Waals surface area contributed by atoms with Crippen molar-refractivity contribution in [1.29, 1.82) is 0 Å². The highest BCUT2D eigenvalue weighted by molar-refractivity contribution is 9.21. The number of aliphatic hydroxyl groups excluding tert-OH is 1. The van der Waals surface area contributed by atoms with E-state index in [1.54, 1.807) is 0 Å². The van der Waals surface area contributed by atoms with Gasteiger partial charge < -0.3 is 5.11 Å². The summed E-state index contributed by atoms with van der Waals surface area (Å²) in [5.41, 5.74) is 0. The maximum atomic E-state index is 10.5. The first kappa shape index (κ1) is 9.86. The fraction of sp³-hybridized carbons (Fsp3) is 0.333. The SMILES string of the molecule is O=C(CO)NC(=O)N(Br)Br. The van der Waals surface area contributed by atoms with Gasteiger partial charge >= 0.3 is 6.03 Å². The number of rotatable bonds is 1. The second-order valence-corrected chi connectivity index (χ2v) is 3.61. The third-order valence-electron chi connectivity index (χ3n) is 0.543. The number of hydrogen-bond acceptors (Lipinski definition) is 3. The highest BCUT2D eigenvalue weighted by Crippen LogP contribution is 2.03. The van der Waals surface area contributed by atoms with Crippen LogP contribution in [0.25, 0.3) is 0 Å². The highest BCUT2D eigenvalue weighted by Gasteiger charge is 2.09. The Hall–Kier alpha value is -0.140. The minimum absolute atomic E-state index is 0.695. The molecule has 7 heteroatoms. The molecule has 5 nitrogen and oxygen atoms in total. The Morgan fingerprint density at radius 2 is 2.00 bits per heavy atom. The molecule has 0 fully saturated rings. The van der Waals surface area contributed by atoms with Gasteiger partial charge in [-0.2, -0.15) is 2.95 Å². The summed E-state index contributed by atoms with van der Waals surface area (Å²) in [5.74, 6) is -0.756. The highest BCUT2D eigenvalue weighted by atomic mass is 79.9. The summed E-state index contributed by atoms with van der Waals surface area (Å²) in [6.07, 6.45) is 0. The number of imide groups is 1. The van der Waals surface area contributed by atoms with E-state index in [4.69, 9.17) is 5.11 Å². The van der Waals surface area contributed by atoms with E-state index < -0.39 is 18.5 Å². The van der Waals surface area contributed by atoms with E-state index >= 15 is 0 Å². The lowest BCUT2D eigenvalue weighted by Gasteiger charge is -2.03. The van der Waals surface area contributed by atoms with Gasteiger partial charge in [0, 0.05) is 0 Å². The number of nitrogens with one attached hydrogen (secondary N) is 1. The van der Waals surface area contributed by atoms with Crippen molar-refractivity contribution < 1.29 is 14.7 Å². The molecular formula is C3H4Br2N2O3. The lowest BCUT2D eigenvalue weighted by Crippen LogP contribution is -2.35. The molecule has 0 spiro atoms. The molecule has 0 atom stereocenters. The maximum Gasteiger partial charge on any atom is 0.344 e. The third kappa shape index (κ3) is 3.80. The van der Waals surface area contributed by atoms with Gasteiger partial charge in [0.2, 0.25) is 0 Å². The largest absolute Gasteiger partial charge is 0.387 e. The fourth-order valence-corrected chi connectivity index (χ4v) is 0.378. The molecule has 0 aliphatic carbocycles. The summed E-state index contributed by atoms with van der Waals surface area (Å²) in [7, 11) is 0. The smallest absolute Gasteiger partial charge is 0.344 e. The molecule has 0 aromatic heterocycles. The predicted octanol–water partition coefficient (Wildman–Crippen LogP) is 0.137. The third-order valence-corrected chi connectivity index (χ3v) is 1.19. The molecule has 0 saturated heterocycles. The normalized spacial score (nSPS) is 8.70. The van der Waals surface area contributed by atoms with E-state index in [9.17, 15) is 9.59 Å². The lowest BCUT2D eigenvalue weighted by atomic mass is 10.6. The van der Waals surface area contributed by atoms with Crippen molar-refractivity contribution >= 4 is 44.2 Å². The van der Waals surface area contributed by atoms with Crippen molar-refractivity contribution in [1.82, 2.24) is 8.27 Å². The Morgan fingerprint density at radius 1 is 1.50 bits per heavy atom. The van der Waals surface area contributed by atoms with Crippen LogP contribution in [0.4, 0.5) is 4.79 Å². The van der Waals surface area contributed by atoms with Crippen molar-refractivity contribution in [2.24, 2.45) is 0 Å². The van der Waals surface area contributed by atoms with Crippen molar-refractivity contribution in [2.45, 2.75) is 0 Å². The molecule has 0 saturated carbocycles. The zero-order valence-corrected chi connectivity index (χ0v) is 7.85. The number of amides is 3. The van der Waals surface area contributed by atoms with Crippen LogP contribution in [0.5, 0.6) is 0 Å². The van der Waals surface area contributed by atoms with Crippen molar-refractivity contribution in [2.75, 3.05) is 6.61 Å². The number of nitrogens with zero attached hydrogens (tertiary/aromatic N) is 1. The Labute approximate surface area is 74.1 Å². The molecule has 0 heterocycles. The first-order valence-corrected chi connectivity index (χ1v) is 3.56. The molecule has 0 rings (SSSR count). The van der Waals surface area contributed by atoms with Crippen LogP contribution in [-0.2, 0) is 4.79 Å². The van der Waals surface area contributed by atoms with Crippen molar-refractivity contribution in [3.8, 4) is 0 Å². The van der Waals surface area contributed by atoms with Crippen LogP contribution in [0.15, 0.2) is 0 Å². The topological polar surface area (TPSA) is 69.6 Å². The summed E-state index contributed by atoms with van der Waals surface area (Å²) in [6.45, 7) is -0.709. The van der Waals surface area contributed by atoms with E-state index in [0.717, 1.165) is 2.95 Å². The molecule has 2 N–H and O–H groups in total. The summed E-state index contributed by atoms with van der Waals surface area (Å²) >= 11 is 5.40. The van der Waals surface area contributed by atoms with Gasteiger partial charge in [-0.1, -0.05) is 0 Å². The fourth-order valence-electron chi connectivity index (χ4n) is 0.201. The molecule has 58 valence electrons. The average molecular weight is 276 g/mol. The first-order chi connectivity index (χ1) is 4.57. The molecule has 0 aromatic carbocycles. The van der Waals surface area contributed by atoms with E-state index in [1.807, 2.05) is 5.32 Å². The molecule has 0 radical (unpaired) electrons. The van der Waals surface area contributed by atoms with E-state index in [-0.39, 0.29) is 0 Å². The zero-order valence-electron chi connectivity index (χ0n) is 4.67. The van der Waals surface area contributed by atoms with E-state index in [2.05, 4.69) is 32.3 Å². The molecule has 0 aliphatic heterocycles. The second-order valence-electron chi connectivity index (χ2n) is 1.24. The van der Waals surface area contributed by atoms with Gasteiger partial charge in [0.15, 0.2) is 0 Å². The lowest BCUT2D eigenvalue weighted by molar-refractivity contribution is -0.122. The van der Waals surface area contributed by atoms with Gasteiger partial charge in [-0.3, -0.25) is 10.1 Å². The van der Waals surface area contributed by atoms with Gasteiger partial charge in [-0.05, 0) is 0 Å². The molecule has 0 aliphatic rings. The number of hydrogen-bond donors (Lipinski definition) is 2. The van der Waals surface area contributed by atoms with E-state index in [1.165, 1.54) is 0 Å². The Balaban J connectivity index is 3.69. The number of carbonyl (C=O) groups excluding carboxylic acids is 2. The van der Waals surface area contributed by atoms with Gasteiger partial charge in [0.25, 0.3) is 5.91 Å². The van der Waals surface area contributed by atoms with Crippen LogP contribution in [-0.4, -0.2) is 26.6 Å². The number of urea groups is 1. The van der Waals surface area contributed by atoms with Gasteiger partial charge in [-0.25, -0.2) is 4.79 Å². The summed E-state index contributed by atoms with van der Waals surface area (Å²) in [4.78, 5) is 20.8. The van der Waals surface area contributed by atoms with Crippen LogP contribution in [0.1, 0.15) is 0 Å². The zero-order chi connectivity index (χ0) is 8.15. The number of carbonyl (C=O) groups is 2. The molecule has 0 bridgehead atoms. The number of aliphatic hydroxyl groups is 1. The van der Waals surface area contributed by atoms with Crippen LogP contribution < -0.4 is 5.32 Å². The summed E-state index contributed by atoms with van der Waals surface area (Å²) in [5, 5.41) is 9.99. The Morgan fingerprint density at radius 3 is 2.30 bits per heavy atom. The van der Waals surface area contributed by atoms with Gasteiger partial charge in [-0.15, -0.1) is 0 Å². The van der Waals surface area contributed by atoms with Crippen LogP contribution in [0.2, 0.25) is 0 Å². The van der Waals surface area contributed by atoms with Gasteiger partial charge in [0.05, 0.1) is 32.3 Å². The van der Waals surface area contributed by atoms with Crippen molar-refractivity contribution in [3.05, 3.63) is 0 Å². The molecule has 0 unspecified atom stereocenters. The van der Waals surface area contributed by atoms with Crippen LogP contribution >= 0.6 is 32.3 Å². The van der Waals surface area contributed by atoms with Crippen LogP contribution in [0, 0.1) is 0 Å². The quantitative estimate of drug-likeness (QED) is 0.669. The van der Waals surface area contributed by atoms with Crippen LogP contribution in [0.3, 0.4) is 0 Å². The summed E-state index contributed by atoms with van der Waals surface area (Å²) < 4.78 is 0.827. The molecule has 10 heavy (non-hydrogen) atoms. The number of halogens is 2. The molecule has 3 amide bonds. The summed E-state index contributed by atoms with van der Waals surface area (Å²) in [6, 6.07) is -0.695. The van der Waals surface area contributed by atoms with Gasteiger partial charge in [0.1, 0.15) is 6.61 Å². The van der Waals surface area contributed by atoms with Crippen molar-refractivity contribution in [3.63, 3.8) is 0 Å². The maximum absolute atomic E-state index is 10.5. The average Bonchev–Trinajstić information content (AvgIpc) is 1.87. The minimum atomic E-state index is -0.756.